The van der Waals surface area contributed by atoms with Crippen LogP contribution in [0.4, 0.5) is 4.39 Å². The van der Waals surface area contributed by atoms with E-state index in [4.69, 9.17) is 0 Å². The van der Waals surface area contributed by atoms with E-state index in [0.717, 1.165) is 23.1 Å². The van der Waals surface area contributed by atoms with E-state index in [9.17, 15) is 9.18 Å². The van der Waals surface area contributed by atoms with Crippen LogP contribution in [0, 0.1) is 18.7 Å². The van der Waals surface area contributed by atoms with Gasteiger partial charge in [-0.15, -0.1) is 11.3 Å². The Hall–Kier alpha value is -3.84. The smallest absolute Gasteiger partial charge is 0.282 e. The van der Waals surface area contributed by atoms with Crippen LogP contribution in [0.1, 0.15) is 32.4 Å². The number of amides is 1. The van der Waals surface area contributed by atoms with Crippen molar-refractivity contribution in [2.45, 2.75) is 18.3 Å². The van der Waals surface area contributed by atoms with Gasteiger partial charge < -0.3 is 4.90 Å². The maximum atomic E-state index is 13.5. The number of halogens is 1. The lowest BCUT2D eigenvalue weighted by molar-refractivity contribution is 0.0768. The second-order valence-corrected chi connectivity index (χ2v) is 10.7. The van der Waals surface area contributed by atoms with Crippen molar-refractivity contribution in [3.8, 4) is 5.69 Å². The Bertz CT molecular complexity index is 1600. The van der Waals surface area contributed by atoms with E-state index in [1.54, 1.807) is 18.3 Å². The van der Waals surface area contributed by atoms with E-state index in [0.29, 0.717) is 23.4 Å². The summed E-state index contributed by atoms with van der Waals surface area (Å²) in [6, 6.07) is 21.5. The van der Waals surface area contributed by atoms with E-state index in [2.05, 4.69) is 53.4 Å². The van der Waals surface area contributed by atoms with Crippen LogP contribution in [-0.2, 0) is 5.41 Å². The molecule has 5 aromatic rings. The zero-order valence-corrected chi connectivity index (χ0v) is 20.5. The fourth-order valence-corrected chi connectivity index (χ4v) is 6.95. The van der Waals surface area contributed by atoms with Crippen LogP contribution in [0.2, 0.25) is 0 Å². The molecule has 0 radical (unpaired) electrons. The molecule has 2 aliphatic rings. The molecule has 5 nitrogen and oxygen atoms in total. The van der Waals surface area contributed by atoms with Crippen LogP contribution < -0.4 is 0 Å². The topological polar surface area (TPSA) is 51.0 Å². The average Bonchev–Trinajstić information content (AvgIpc) is 3.40. The highest BCUT2D eigenvalue weighted by atomic mass is 32.1. The van der Waals surface area contributed by atoms with Crippen LogP contribution in [0.5, 0.6) is 0 Å². The van der Waals surface area contributed by atoms with Gasteiger partial charge in [-0.25, -0.2) is 14.1 Å². The highest BCUT2D eigenvalue weighted by Gasteiger charge is 2.71. The predicted molar refractivity (Wildman–Crippen MR) is 138 cm³/mol. The third kappa shape index (κ3) is 3.09. The summed E-state index contributed by atoms with van der Waals surface area (Å²) >= 11 is 1.40. The zero-order chi connectivity index (χ0) is 24.4. The van der Waals surface area contributed by atoms with Crippen LogP contribution in [-0.4, -0.2) is 38.7 Å². The molecule has 36 heavy (non-hydrogen) atoms. The first-order chi connectivity index (χ1) is 17.6. The first-order valence-corrected chi connectivity index (χ1v) is 12.9. The number of piperidine rings is 1. The van der Waals surface area contributed by atoms with Gasteiger partial charge in [-0.05, 0) is 65.9 Å². The summed E-state index contributed by atoms with van der Waals surface area (Å²) in [6.07, 6.45) is 3.56. The Kier molecular flexibility index (Phi) is 4.66. The Morgan fingerprint density at radius 2 is 1.92 bits per heavy atom. The number of likely N-dealkylation sites (tertiary alicyclic amines) is 1. The lowest BCUT2D eigenvalue weighted by atomic mass is 9.86. The summed E-state index contributed by atoms with van der Waals surface area (Å²) in [5.74, 6) is 0.471. The maximum Gasteiger partial charge on any atom is 0.282 e. The van der Waals surface area contributed by atoms with Crippen molar-refractivity contribution < 1.29 is 9.18 Å². The first-order valence-electron chi connectivity index (χ1n) is 12.0. The van der Waals surface area contributed by atoms with Crippen LogP contribution >= 0.6 is 11.3 Å². The van der Waals surface area contributed by atoms with Gasteiger partial charge in [0.25, 0.3) is 5.91 Å². The molecule has 2 fully saturated rings. The van der Waals surface area contributed by atoms with Crippen molar-refractivity contribution in [3.63, 3.8) is 0 Å². The summed E-state index contributed by atoms with van der Waals surface area (Å²) in [6.45, 7) is 3.55. The van der Waals surface area contributed by atoms with Crippen molar-refractivity contribution in [1.82, 2.24) is 19.7 Å². The third-order valence-electron chi connectivity index (χ3n) is 7.93. The number of fused-ring (bicyclic) bond motifs is 2. The summed E-state index contributed by atoms with van der Waals surface area (Å²) < 4.78 is 15.3. The average molecular weight is 495 g/mol. The van der Waals surface area contributed by atoms with Gasteiger partial charge in [-0.1, -0.05) is 30.3 Å². The molecule has 1 aliphatic carbocycles. The third-order valence-corrected chi connectivity index (χ3v) is 8.69. The monoisotopic (exact) mass is 494 g/mol. The van der Waals surface area contributed by atoms with Crippen molar-refractivity contribution in [3.05, 3.63) is 112 Å². The number of rotatable bonds is 4. The van der Waals surface area contributed by atoms with Gasteiger partial charge in [-0.2, -0.15) is 5.10 Å². The highest BCUT2D eigenvalue weighted by Crippen LogP contribution is 2.69. The molecule has 7 rings (SSSR count). The van der Waals surface area contributed by atoms with Gasteiger partial charge in [0.1, 0.15) is 5.82 Å². The molecule has 178 valence electrons. The molecule has 0 unspecified atom stereocenters. The number of thiazole rings is 1. The minimum absolute atomic E-state index is 0.0197. The van der Waals surface area contributed by atoms with Crippen LogP contribution in [0.3, 0.4) is 0 Å². The molecule has 3 atom stereocenters. The molecule has 0 N–H and O–H groups in total. The van der Waals surface area contributed by atoms with Crippen molar-refractivity contribution in [1.29, 1.82) is 0 Å². The standard InChI is InChI=1S/C29H23FN4OS/c1-18-13-25-20(15-32-34(25)22-9-7-21(30)8-10-22)14-23(18)29-17-33(28(35)27-31-11-12-36-27)16-24(29)26(29)19-5-3-2-4-6-19/h2-15,24,26H,16-17H2,1H3/t24-,26-,29+/m1/s1. The molecule has 3 aromatic carbocycles. The lowest BCUT2D eigenvalue weighted by Crippen LogP contribution is -2.34. The Morgan fingerprint density at radius 1 is 1.11 bits per heavy atom. The summed E-state index contributed by atoms with van der Waals surface area (Å²) in [4.78, 5) is 19.4. The number of carbonyl (C=O) groups excluding carboxylic acids is 1. The Labute approximate surface area is 211 Å². The number of carbonyl (C=O) groups is 1. The fraction of sp³-hybridized carbons (Fsp3) is 0.207. The molecule has 2 aromatic heterocycles. The zero-order valence-electron chi connectivity index (χ0n) is 19.6. The molecular weight excluding hydrogens is 471 g/mol. The van der Waals surface area contributed by atoms with E-state index < -0.39 is 0 Å². The molecule has 0 spiro atoms. The first kappa shape index (κ1) is 21.4. The van der Waals surface area contributed by atoms with Gasteiger partial charge in [-0.3, -0.25) is 4.79 Å². The number of hydrogen-bond donors (Lipinski definition) is 0. The lowest BCUT2D eigenvalue weighted by Gasteiger charge is -2.25. The van der Waals surface area contributed by atoms with Gasteiger partial charge in [0.2, 0.25) is 0 Å². The second-order valence-electron chi connectivity index (χ2n) is 9.82. The number of benzene rings is 3. The molecular formula is C29H23FN4OS. The van der Waals surface area contributed by atoms with Gasteiger partial charge >= 0.3 is 0 Å². The molecule has 0 bridgehead atoms. The Balaban J connectivity index is 1.32. The molecule has 1 aliphatic heterocycles. The van der Waals surface area contributed by atoms with Gasteiger partial charge in [0.05, 0.1) is 17.4 Å². The number of nitrogens with zero attached hydrogens (tertiary/aromatic N) is 4. The van der Waals surface area contributed by atoms with Crippen molar-refractivity contribution in [2.75, 3.05) is 13.1 Å². The molecule has 1 saturated heterocycles. The van der Waals surface area contributed by atoms with E-state index >= 15 is 0 Å². The molecule has 1 saturated carbocycles. The Morgan fingerprint density at radius 3 is 2.67 bits per heavy atom. The molecule has 7 heteroatoms. The normalized spacial score (nSPS) is 22.7. The minimum atomic E-state index is -0.266. The maximum absolute atomic E-state index is 13.5. The van der Waals surface area contributed by atoms with E-state index in [-0.39, 0.29) is 17.1 Å². The van der Waals surface area contributed by atoms with E-state index in [1.807, 2.05) is 27.2 Å². The van der Waals surface area contributed by atoms with E-state index in [1.165, 1.54) is 40.2 Å². The van der Waals surface area contributed by atoms with Gasteiger partial charge in [0, 0.05) is 41.4 Å². The van der Waals surface area contributed by atoms with Crippen molar-refractivity contribution >= 4 is 28.1 Å². The highest BCUT2D eigenvalue weighted by molar-refractivity contribution is 7.11. The largest absolute Gasteiger partial charge is 0.335 e. The number of hydrogen-bond acceptors (Lipinski definition) is 4. The summed E-state index contributed by atoms with van der Waals surface area (Å²) in [5.41, 5.74) is 5.46. The fourth-order valence-electron chi connectivity index (χ4n) is 6.35. The van der Waals surface area contributed by atoms with Crippen molar-refractivity contribution in [2.24, 2.45) is 5.92 Å². The molecule has 3 heterocycles. The summed E-state index contributed by atoms with van der Waals surface area (Å²) in [5, 5.41) is 8.06. The molecule has 1 amide bonds. The van der Waals surface area contributed by atoms with Gasteiger partial charge in [0.15, 0.2) is 5.01 Å². The number of aryl methyl sites for hydroxylation is 1. The predicted octanol–water partition coefficient (Wildman–Crippen LogP) is 5.74. The van der Waals surface area contributed by atoms with Crippen LogP contribution in [0.15, 0.2) is 84.5 Å². The summed E-state index contributed by atoms with van der Waals surface area (Å²) in [7, 11) is 0. The SMILES string of the molecule is Cc1cc2c(cnn2-c2ccc(F)cc2)cc1[C@@]12CN(C(=O)c3nccs3)C[C@@H]1[C@H]2c1ccccc1. The van der Waals surface area contributed by atoms with Crippen LogP contribution in [0.25, 0.3) is 16.6 Å². The number of aromatic nitrogens is 3. The minimum Gasteiger partial charge on any atom is -0.335 e. The quantitative estimate of drug-likeness (QED) is 0.320. The second kappa shape index (κ2) is 7.83.